The van der Waals surface area contributed by atoms with E-state index in [0.29, 0.717) is 0 Å². The maximum Gasteiger partial charge on any atom is -0.0289 e. The van der Waals surface area contributed by atoms with E-state index in [1.165, 1.54) is 57.8 Å². The maximum atomic E-state index is 2.32. The van der Waals surface area contributed by atoms with E-state index in [1.807, 2.05) is 11.1 Å². The quantitative estimate of drug-likeness (QED) is 0.548. The minimum atomic E-state index is 1.04. The third-order valence-electron chi connectivity index (χ3n) is 3.79. The van der Waals surface area contributed by atoms with Crippen LogP contribution in [-0.4, -0.2) is 0 Å². The Balaban J connectivity index is 1.97. The molecule has 0 N–H and O–H groups in total. The molecule has 0 aromatic heterocycles. The summed E-state index contributed by atoms with van der Waals surface area (Å²) in [7, 11) is 0. The first-order chi connectivity index (χ1) is 6.40. The average molecular weight is 178 g/mol. The molecular weight excluding hydrogens is 156 g/mol. The highest BCUT2D eigenvalue weighted by atomic mass is 14.3. The van der Waals surface area contributed by atoms with E-state index >= 15 is 0 Å². The lowest BCUT2D eigenvalue weighted by Crippen LogP contribution is -2.13. The Bertz CT molecular complexity index is 200. The van der Waals surface area contributed by atoms with Crippen molar-refractivity contribution in [3.8, 4) is 0 Å². The van der Waals surface area contributed by atoms with Gasteiger partial charge < -0.3 is 0 Å². The van der Waals surface area contributed by atoms with Gasteiger partial charge in [0.1, 0.15) is 0 Å². The molecule has 0 spiro atoms. The molecule has 2 aliphatic rings. The molecule has 2 aliphatic carbocycles. The van der Waals surface area contributed by atoms with Gasteiger partial charge in [0.15, 0.2) is 0 Å². The van der Waals surface area contributed by atoms with Gasteiger partial charge in [-0.2, -0.15) is 0 Å². The Morgan fingerprint density at radius 2 is 1.85 bits per heavy atom. The molecule has 2 rings (SSSR count). The summed E-state index contributed by atoms with van der Waals surface area (Å²) in [4.78, 5) is 0. The van der Waals surface area contributed by atoms with E-state index in [1.54, 1.807) is 0 Å². The molecule has 0 heteroatoms. The molecule has 0 fully saturated rings. The Labute approximate surface area is 82.4 Å². The van der Waals surface area contributed by atoms with Crippen molar-refractivity contribution < 1.29 is 0 Å². The minimum absolute atomic E-state index is 1.04. The zero-order valence-corrected chi connectivity index (χ0v) is 8.94. The molecule has 0 bridgehead atoms. The van der Waals surface area contributed by atoms with Gasteiger partial charge in [-0.25, -0.2) is 0 Å². The second-order valence-electron chi connectivity index (χ2n) is 4.81. The van der Waals surface area contributed by atoms with Gasteiger partial charge in [0.2, 0.25) is 0 Å². The summed E-state index contributed by atoms with van der Waals surface area (Å²) in [5.74, 6) is 1.04. The fraction of sp³-hybridized carbons (Fsp3) is 0.846. The Morgan fingerprint density at radius 3 is 2.62 bits per heavy atom. The summed E-state index contributed by atoms with van der Waals surface area (Å²) in [6.07, 6.45) is 13.1. The van der Waals surface area contributed by atoms with E-state index in [-0.39, 0.29) is 0 Å². The van der Waals surface area contributed by atoms with Crippen molar-refractivity contribution in [1.29, 1.82) is 0 Å². The molecule has 0 aromatic carbocycles. The third kappa shape index (κ3) is 2.15. The summed E-state index contributed by atoms with van der Waals surface area (Å²) in [6, 6.07) is 0. The number of hydrogen-bond acceptors (Lipinski definition) is 0. The summed E-state index contributed by atoms with van der Waals surface area (Å²) in [6.45, 7) is 2.32. The van der Waals surface area contributed by atoms with Gasteiger partial charge in [-0.1, -0.05) is 30.9 Å². The van der Waals surface area contributed by atoms with Crippen LogP contribution in [0.25, 0.3) is 0 Å². The van der Waals surface area contributed by atoms with Crippen LogP contribution in [0.3, 0.4) is 0 Å². The summed E-state index contributed by atoms with van der Waals surface area (Å²) < 4.78 is 0. The minimum Gasteiger partial charge on any atom is -0.0710 e. The average Bonchev–Trinajstić information content (AvgIpc) is 2.18. The highest BCUT2D eigenvalue weighted by molar-refractivity contribution is 5.20. The highest BCUT2D eigenvalue weighted by Gasteiger charge is 2.21. The fourth-order valence-electron chi connectivity index (χ4n) is 3.06. The first-order valence-electron chi connectivity index (χ1n) is 6.10. The lowest BCUT2D eigenvalue weighted by atomic mass is 9.76. The van der Waals surface area contributed by atoms with Crippen LogP contribution in [0.15, 0.2) is 11.1 Å². The van der Waals surface area contributed by atoms with Crippen LogP contribution in [0, 0.1) is 5.92 Å². The zero-order chi connectivity index (χ0) is 9.10. The standard InChI is InChI=1S/C13H22/c1-2-5-11-8-9-12-6-3-4-7-13(12)10-11/h11H,2-10H2,1H3. The molecule has 13 heavy (non-hydrogen) atoms. The van der Waals surface area contributed by atoms with Crippen LogP contribution in [0.2, 0.25) is 0 Å². The predicted molar refractivity (Wildman–Crippen MR) is 57.7 cm³/mol. The van der Waals surface area contributed by atoms with E-state index in [2.05, 4.69) is 6.92 Å². The second kappa shape index (κ2) is 4.30. The van der Waals surface area contributed by atoms with Crippen molar-refractivity contribution in [2.45, 2.75) is 64.7 Å². The SMILES string of the molecule is CCCC1CCC2=C(CCCC2)C1. The maximum absolute atomic E-state index is 2.32. The van der Waals surface area contributed by atoms with E-state index in [0.717, 1.165) is 5.92 Å². The molecule has 0 radical (unpaired) electrons. The van der Waals surface area contributed by atoms with Gasteiger partial charge in [0.25, 0.3) is 0 Å². The molecule has 1 unspecified atom stereocenters. The Morgan fingerprint density at radius 1 is 1.08 bits per heavy atom. The molecule has 0 aromatic rings. The topological polar surface area (TPSA) is 0 Å². The van der Waals surface area contributed by atoms with Crippen LogP contribution in [-0.2, 0) is 0 Å². The number of rotatable bonds is 2. The second-order valence-corrected chi connectivity index (χ2v) is 4.81. The van der Waals surface area contributed by atoms with Crippen molar-refractivity contribution >= 4 is 0 Å². The summed E-state index contributed by atoms with van der Waals surface area (Å²) >= 11 is 0. The molecule has 74 valence electrons. The van der Waals surface area contributed by atoms with Crippen LogP contribution < -0.4 is 0 Å². The summed E-state index contributed by atoms with van der Waals surface area (Å²) in [5, 5.41) is 0. The number of allylic oxidation sites excluding steroid dienone is 2. The van der Waals surface area contributed by atoms with E-state index in [9.17, 15) is 0 Å². The van der Waals surface area contributed by atoms with Gasteiger partial charge in [-0.3, -0.25) is 0 Å². The van der Waals surface area contributed by atoms with Gasteiger partial charge in [-0.05, 0) is 50.9 Å². The lowest BCUT2D eigenvalue weighted by Gasteiger charge is -2.30. The monoisotopic (exact) mass is 178 g/mol. The predicted octanol–water partition coefficient (Wildman–Crippen LogP) is 4.46. The normalized spacial score (nSPS) is 28.8. The smallest absolute Gasteiger partial charge is 0.0289 e. The van der Waals surface area contributed by atoms with Gasteiger partial charge in [-0.15, -0.1) is 0 Å². The van der Waals surface area contributed by atoms with Crippen molar-refractivity contribution in [2.75, 3.05) is 0 Å². The lowest BCUT2D eigenvalue weighted by molar-refractivity contribution is 0.396. The van der Waals surface area contributed by atoms with Gasteiger partial charge in [0.05, 0.1) is 0 Å². The van der Waals surface area contributed by atoms with Crippen LogP contribution in [0.1, 0.15) is 64.7 Å². The van der Waals surface area contributed by atoms with Crippen molar-refractivity contribution in [3.63, 3.8) is 0 Å². The van der Waals surface area contributed by atoms with Crippen molar-refractivity contribution in [3.05, 3.63) is 11.1 Å². The highest BCUT2D eigenvalue weighted by Crippen LogP contribution is 2.39. The van der Waals surface area contributed by atoms with E-state index in [4.69, 9.17) is 0 Å². The molecule has 0 nitrogen and oxygen atoms in total. The molecule has 0 heterocycles. The van der Waals surface area contributed by atoms with Crippen LogP contribution in [0.4, 0.5) is 0 Å². The fourth-order valence-corrected chi connectivity index (χ4v) is 3.06. The molecule has 0 aliphatic heterocycles. The van der Waals surface area contributed by atoms with Crippen molar-refractivity contribution in [1.82, 2.24) is 0 Å². The zero-order valence-electron chi connectivity index (χ0n) is 8.94. The van der Waals surface area contributed by atoms with Gasteiger partial charge in [0, 0.05) is 0 Å². The Hall–Kier alpha value is -0.260. The molecule has 0 saturated carbocycles. The Kier molecular flexibility index (Phi) is 3.08. The van der Waals surface area contributed by atoms with E-state index < -0.39 is 0 Å². The van der Waals surface area contributed by atoms with Crippen LogP contribution in [0.5, 0.6) is 0 Å². The van der Waals surface area contributed by atoms with Gasteiger partial charge >= 0.3 is 0 Å². The first-order valence-corrected chi connectivity index (χ1v) is 6.10. The molecule has 0 amide bonds. The molecule has 1 atom stereocenters. The van der Waals surface area contributed by atoms with Crippen LogP contribution >= 0.6 is 0 Å². The number of hydrogen-bond donors (Lipinski definition) is 0. The molecular formula is C13H22. The first kappa shape index (κ1) is 9.30. The summed E-state index contributed by atoms with van der Waals surface area (Å²) in [5.41, 5.74) is 3.73. The third-order valence-corrected chi connectivity index (χ3v) is 3.79. The molecule has 0 saturated heterocycles. The van der Waals surface area contributed by atoms with Crippen molar-refractivity contribution in [2.24, 2.45) is 5.92 Å². The largest absolute Gasteiger partial charge is 0.0710 e.